The Morgan fingerprint density at radius 3 is 2.75 bits per heavy atom. The Hall–Kier alpha value is -2.57. The van der Waals surface area contributed by atoms with Crippen molar-refractivity contribution in [2.24, 2.45) is 0 Å². The highest BCUT2D eigenvalue weighted by Gasteiger charge is 2.04. The van der Waals surface area contributed by atoms with E-state index >= 15 is 0 Å². The Bertz CT molecular complexity index is 564. The van der Waals surface area contributed by atoms with Crippen LogP contribution in [0.5, 0.6) is 5.75 Å². The van der Waals surface area contributed by atoms with Crippen LogP contribution in [0.4, 0.5) is 5.95 Å². The Morgan fingerprint density at radius 2 is 2.15 bits per heavy atom. The molecule has 0 atom stereocenters. The van der Waals surface area contributed by atoms with Crippen LogP contribution in [0.1, 0.15) is 5.56 Å². The van der Waals surface area contributed by atoms with Crippen LogP contribution < -0.4 is 15.8 Å². The average Bonchev–Trinajstić information content (AvgIpc) is 2.85. The molecule has 0 radical (unpaired) electrons. The van der Waals surface area contributed by atoms with E-state index in [0.29, 0.717) is 6.54 Å². The molecule has 0 unspecified atom stereocenters. The maximum atomic E-state index is 11.7. The van der Waals surface area contributed by atoms with E-state index in [-0.39, 0.29) is 18.4 Å². The maximum absolute atomic E-state index is 11.7. The van der Waals surface area contributed by atoms with E-state index < -0.39 is 0 Å². The second-order valence-corrected chi connectivity index (χ2v) is 4.25. The first-order chi connectivity index (χ1) is 9.67. The third kappa shape index (κ3) is 3.98. The van der Waals surface area contributed by atoms with Crippen molar-refractivity contribution in [2.75, 3.05) is 19.4 Å². The van der Waals surface area contributed by atoms with E-state index in [1.807, 2.05) is 24.3 Å². The van der Waals surface area contributed by atoms with Crippen LogP contribution in [-0.2, 0) is 17.8 Å². The number of nitrogens with zero attached hydrogens (tertiary/aromatic N) is 3. The van der Waals surface area contributed by atoms with Crippen molar-refractivity contribution in [1.82, 2.24) is 20.1 Å². The zero-order valence-electron chi connectivity index (χ0n) is 11.2. The van der Waals surface area contributed by atoms with Crippen LogP contribution >= 0.6 is 0 Å². The largest absolute Gasteiger partial charge is 0.497 e. The Morgan fingerprint density at radius 1 is 1.40 bits per heavy atom. The molecule has 0 spiro atoms. The molecule has 1 aromatic carbocycles. The van der Waals surface area contributed by atoms with E-state index in [2.05, 4.69) is 15.4 Å². The summed E-state index contributed by atoms with van der Waals surface area (Å²) in [5.74, 6) is 0.862. The average molecular weight is 275 g/mol. The lowest BCUT2D eigenvalue weighted by Gasteiger charge is -2.06. The molecule has 1 heterocycles. The van der Waals surface area contributed by atoms with E-state index in [0.717, 1.165) is 17.7 Å². The molecular formula is C13H17N5O2. The van der Waals surface area contributed by atoms with Gasteiger partial charge in [-0.2, -0.15) is 0 Å². The van der Waals surface area contributed by atoms with E-state index in [9.17, 15) is 4.79 Å². The number of hydrogen-bond donors (Lipinski definition) is 2. The summed E-state index contributed by atoms with van der Waals surface area (Å²) in [6.07, 6.45) is 2.19. The van der Waals surface area contributed by atoms with Gasteiger partial charge in [0.05, 0.1) is 7.11 Å². The molecule has 0 saturated heterocycles. The van der Waals surface area contributed by atoms with Crippen molar-refractivity contribution in [3.63, 3.8) is 0 Å². The van der Waals surface area contributed by atoms with E-state index in [1.54, 1.807) is 7.11 Å². The minimum atomic E-state index is -0.122. The van der Waals surface area contributed by atoms with Crippen LogP contribution in [0.15, 0.2) is 30.6 Å². The van der Waals surface area contributed by atoms with Gasteiger partial charge in [-0.3, -0.25) is 4.79 Å². The van der Waals surface area contributed by atoms with Gasteiger partial charge in [-0.05, 0) is 24.1 Å². The second kappa shape index (κ2) is 6.55. The third-order valence-corrected chi connectivity index (χ3v) is 2.75. The number of nitrogens with two attached hydrogens (primary N) is 1. The summed E-state index contributed by atoms with van der Waals surface area (Å²) < 4.78 is 6.49. The zero-order chi connectivity index (χ0) is 14.4. The molecule has 0 saturated carbocycles. The van der Waals surface area contributed by atoms with E-state index in [4.69, 9.17) is 10.5 Å². The van der Waals surface area contributed by atoms with Crippen LogP contribution in [0.2, 0.25) is 0 Å². The van der Waals surface area contributed by atoms with Gasteiger partial charge in [-0.15, -0.1) is 5.10 Å². The number of nitrogen functional groups attached to an aromatic ring is 1. The van der Waals surface area contributed by atoms with Crippen molar-refractivity contribution in [1.29, 1.82) is 0 Å². The van der Waals surface area contributed by atoms with Gasteiger partial charge in [-0.1, -0.05) is 12.1 Å². The number of amides is 1. The standard InChI is InChI=1S/C13H17N5O2/c1-20-11-4-2-10(3-5-11)6-7-15-12(19)8-18-9-16-13(14)17-18/h2-5,9H,6-8H2,1H3,(H2,14,17)(H,15,19). The van der Waals surface area contributed by atoms with Crippen LogP contribution in [0.3, 0.4) is 0 Å². The fourth-order valence-corrected chi connectivity index (χ4v) is 1.73. The van der Waals surface area contributed by atoms with Gasteiger partial charge in [0.1, 0.15) is 18.6 Å². The summed E-state index contributed by atoms with van der Waals surface area (Å²) >= 11 is 0. The molecule has 2 aromatic rings. The normalized spacial score (nSPS) is 10.2. The Kier molecular flexibility index (Phi) is 4.54. The Labute approximate surface area is 116 Å². The summed E-state index contributed by atoms with van der Waals surface area (Å²) in [5, 5.41) is 6.66. The van der Waals surface area contributed by atoms with Crippen molar-refractivity contribution < 1.29 is 9.53 Å². The number of methoxy groups -OCH3 is 1. The number of nitrogens with one attached hydrogen (secondary N) is 1. The summed E-state index contributed by atoms with van der Waals surface area (Å²) in [7, 11) is 1.63. The van der Waals surface area contributed by atoms with Gasteiger partial charge in [0.2, 0.25) is 11.9 Å². The molecule has 1 aromatic heterocycles. The summed E-state index contributed by atoms with van der Waals surface area (Å²) in [6.45, 7) is 0.683. The molecule has 7 nitrogen and oxygen atoms in total. The van der Waals surface area contributed by atoms with Gasteiger partial charge < -0.3 is 15.8 Å². The molecule has 0 aliphatic rings. The monoisotopic (exact) mass is 275 g/mol. The summed E-state index contributed by atoms with van der Waals surface area (Å²) in [5.41, 5.74) is 6.50. The predicted octanol–water partition coefficient (Wildman–Crippen LogP) is 0.228. The molecular weight excluding hydrogens is 258 g/mol. The fraction of sp³-hybridized carbons (Fsp3) is 0.308. The van der Waals surface area contributed by atoms with Crippen molar-refractivity contribution in [2.45, 2.75) is 13.0 Å². The first kappa shape index (κ1) is 13.9. The number of anilines is 1. The highest BCUT2D eigenvalue weighted by atomic mass is 16.5. The number of benzene rings is 1. The molecule has 2 rings (SSSR count). The van der Waals surface area contributed by atoms with Crippen LogP contribution in [0.25, 0.3) is 0 Å². The SMILES string of the molecule is COc1ccc(CCNC(=O)Cn2cnc(N)n2)cc1. The first-order valence-corrected chi connectivity index (χ1v) is 6.22. The summed E-state index contributed by atoms with van der Waals surface area (Å²) in [6, 6.07) is 7.75. The van der Waals surface area contributed by atoms with Crippen molar-refractivity contribution >= 4 is 11.9 Å². The number of carbonyl (C=O) groups is 1. The molecule has 0 bridgehead atoms. The summed E-state index contributed by atoms with van der Waals surface area (Å²) in [4.78, 5) is 15.4. The van der Waals surface area contributed by atoms with Crippen molar-refractivity contribution in [3.8, 4) is 5.75 Å². The molecule has 7 heteroatoms. The molecule has 0 aliphatic carbocycles. The maximum Gasteiger partial charge on any atom is 0.241 e. The smallest absolute Gasteiger partial charge is 0.241 e. The number of carbonyl (C=O) groups excluding carboxylic acids is 1. The fourth-order valence-electron chi connectivity index (χ4n) is 1.73. The highest BCUT2D eigenvalue weighted by Crippen LogP contribution is 2.11. The van der Waals surface area contributed by atoms with Gasteiger partial charge in [-0.25, -0.2) is 9.67 Å². The lowest BCUT2D eigenvalue weighted by Crippen LogP contribution is -2.29. The van der Waals surface area contributed by atoms with Gasteiger partial charge in [0.15, 0.2) is 0 Å². The predicted molar refractivity (Wildman–Crippen MR) is 74.1 cm³/mol. The number of aromatic nitrogens is 3. The third-order valence-electron chi connectivity index (χ3n) is 2.75. The second-order valence-electron chi connectivity index (χ2n) is 4.25. The van der Waals surface area contributed by atoms with Gasteiger partial charge >= 0.3 is 0 Å². The lowest BCUT2D eigenvalue weighted by molar-refractivity contribution is -0.121. The van der Waals surface area contributed by atoms with Crippen LogP contribution in [0, 0.1) is 0 Å². The minimum absolute atomic E-state index is 0.118. The molecule has 3 N–H and O–H groups in total. The Balaban J connectivity index is 1.73. The van der Waals surface area contributed by atoms with Gasteiger partial charge in [0, 0.05) is 6.54 Å². The molecule has 0 fully saturated rings. The number of rotatable bonds is 6. The minimum Gasteiger partial charge on any atom is -0.497 e. The molecule has 0 aliphatic heterocycles. The molecule has 1 amide bonds. The number of hydrogen-bond acceptors (Lipinski definition) is 5. The number of ether oxygens (including phenoxy) is 1. The van der Waals surface area contributed by atoms with Crippen molar-refractivity contribution in [3.05, 3.63) is 36.2 Å². The zero-order valence-corrected chi connectivity index (χ0v) is 11.2. The first-order valence-electron chi connectivity index (χ1n) is 6.22. The quantitative estimate of drug-likeness (QED) is 0.786. The molecule has 106 valence electrons. The van der Waals surface area contributed by atoms with Gasteiger partial charge in [0.25, 0.3) is 0 Å². The van der Waals surface area contributed by atoms with E-state index in [1.165, 1.54) is 11.0 Å². The molecule has 20 heavy (non-hydrogen) atoms. The topological polar surface area (TPSA) is 95.1 Å². The lowest BCUT2D eigenvalue weighted by atomic mass is 10.1. The highest BCUT2D eigenvalue weighted by molar-refractivity contribution is 5.75. The van der Waals surface area contributed by atoms with Crippen LogP contribution in [-0.4, -0.2) is 34.3 Å².